The van der Waals surface area contributed by atoms with Gasteiger partial charge in [0.25, 0.3) is 0 Å². The Morgan fingerprint density at radius 2 is 1.97 bits per heavy atom. The normalized spacial score (nSPS) is 14.0. The number of aliphatic carboxylic acids is 1. The molecule has 6 nitrogen and oxygen atoms in total. The number of ether oxygens (including phenoxy) is 2. The molecule has 0 spiro atoms. The van der Waals surface area contributed by atoms with Crippen molar-refractivity contribution in [1.29, 1.82) is 0 Å². The fraction of sp³-hybridized carbons (Fsp3) is 0.333. The van der Waals surface area contributed by atoms with Crippen LogP contribution in [0.15, 0.2) is 54.9 Å². The van der Waals surface area contributed by atoms with E-state index < -0.39 is 11.6 Å². The van der Waals surface area contributed by atoms with Crippen LogP contribution in [0.5, 0.6) is 11.5 Å². The molecule has 2 aromatic carbocycles. The van der Waals surface area contributed by atoms with Crippen LogP contribution < -0.4 is 9.47 Å². The van der Waals surface area contributed by atoms with E-state index in [0.29, 0.717) is 29.5 Å². The monoisotopic (exact) mass is 442 g/mol. The number of carbonyl (C=O) groups is 1. The average Bonchev–Trinajstić information content (AvgIpc) is 3.24. The first-order valence-electron chi connectivity index (χ1n) is 10.2. The summed E-state index contributed by atoms with van der Waals surface area (Å²) in [6.07, 6.45) is 4.18. The van der Waals surface area contributed by atoms with Crippen LogP contribution in [0.1, 0.15) is 44.2 Å². The Kier molecular flexibility index (Phi) is 6.91. The fourth-order valence-electron chi connectivity index (χ4n) is 2.98. The van der Waals surface area contributed by atoms with Crippen LogP contribution in [-0.4, -0.2) is 33.1 Å². The van der Waals surface area contributed by atoms with Gasteiger partial charge >= 0.3 is 5.97 Å². The molecule has 0 aliphatic carbocycles. The Balaban J connectivity index is 1.63. The highest BCUT2D eigenvalue weighted by Crippen LogP contribution is 2.29. The maximum Gasteiger partial charge on any atom is 0.347 e. The summed E-state index contributed by atoms with van der Waals surface area (Å²) >= 11 is 5.95. The van der Waals surface area contributed by atoms with Crippen molar-refractivity contribution in [3.8, 4) is 17.2 Å². The minimum Gasteiger partial charge on any atom is -0.493 e. The lowest BCUT2D eigenvalue weighted by atomic mass is 10.0. The first-order chi connectivity index (χ1) is 14.7. The molecule has 0 bridgehead atoms. The maximum atomic E-state index is 11.5. The summed E-state index contributed by atoms with van der Waals surface area (Å²) in [4.78, 5) is 11.5. The summed E-state index contributed by atoms with van der Waals surface area (Å²) < 4.78 is 13.5. The standard InChI is InChI=1S/C24H27ClN2O4/c1-5-24(4,23(28)29)31-22-11-10-21(12-16(22)2)30-15-17(3)18-13-26-27(14-18)20-8-6-19(25)7-9-20/h6-14,17H,5,15H2,1-4H3,(H,28,29). The summed E-state index contributed by atoms with van der Waals surface area (Å²) in [6.45, 7) is 7.79. The van der Waals surface area contributed by atoms with Gasteiger partial charge in [-0.25, -0.2) is 9.48 Å². The van der Waals surface area contributed by atoms with E-state index in [0.717, 1.165) is 16.8 Å². The number of nitrogens with zero attached hydrogens (tertiary/aromatic N) is 2. The first-order valence-corrected chi connectivity index (χ1v) is 10.6. The molecule has 3 aromatic rings. The number of aryl methyl sites for hydroxylation is 1. The van der Waals surface area contributed by atoms with Crippen molar-refractivity contribution in [3.63, 3.8) is 0 Å². The van der Waals surface area contributed by atoms with E-state index in [9.17, 15) is 9.90 Å². The third-order valence-electron chi connectivity index (χ3n) is 5.37. The number of hydrogen-bond acceptors (Lipinski definition) is 4. The molecule has 0 amide bonds. The van der Waals surface area contributed by atoms with Crippen LogP contribution in [0.25, 0.3) is 5.69 Å². The maximum absolute atomic E-state index is 11.5. The quantitative estimate of drug-likeness (QED) is 0.463. The van der Waals surface area contributed by atoms with Gasteiger partial charge in [0.1, 0.15) is 11.5 Å². The second-order valence-corrected chi connectivity index (χ2v) is 8.26. The Morgan fingerprint density at radius 1 is 1.26 bits per heavy atom. The lowest BCUT2D eigenvalue weighted by Gasteiger charge is -2.26. The average molecular weight is 443 g/mol. The zero-order chi connectivity index (χ0) is 22.6. The number of carboxylic acid groups (broad SMARTS) is 1. The van der Waals surface area contributed by atoms with Crippen LogP contribution in [0.4, 0.5) is 0 Å². The van der Waals surface area contributed by atoms with Gasteiger partial charge in [-0.3, -0.25) is 0 Å². The van der Waals surface area contributed by atoms with Gasteiger partial charge in [0.15, 0.2) is 0 Å². The van der Waals surface area contributed by atoms with Gasteiger partial charge in [0.2, 0.25) is 5.60 Å². The summed E-state index contributed by atoms with van der Waals surface area (Å²) in [5.74, 6) is 0.391. The van der Waals surface area contributed by atoms with E-state index in [4.69, 9.17) is 21.1 Å². The van der Waals surface area contributed by atoms with Crippen LogP contribution >= 0.6 is 11.6 Å². The molecule has 31 heavy (non-hydrogen) atoms. The minimum absolute atomic E-state index is 0.132. The Bertz CT molecular complexity index is 1050. The molecule has 3 rings (SSSR count). The molecule has 1 heterocycles. The molecule has 0 aliphatic rings. The van der Waals surface area contributed by atoms with Crippen LogP contribution in [-0.2, 0) is 4.79 Å². The first kappa shape index (κ1) is 22.7. The highest BCUT2D eigenvalue weighted by atomic mass is 35.5. The van der Waals surface area contributed by atoms with Gasteiger partial charge < -0.3 is 14.6 Å². The fourth-order valence-corrected chi connectivity index (χ4v) is 3.11. The van der Waals surface area contributed by atoms with E-state index in [-0.39, 0.29) is 5.92 Å². The second kappa shape index (κ2) is 9.43. The van der Waals surface area contributed by atoms with Crippen LogP contribution in [0.2, 0.25) is 5.02 Å². The van der Waals surface area contributed by atoms with E-state index in [1.165, 1.54) is 0 Å². The van der Waals surface area contributed by atoms with E-state index >= 15 is 0 Å². The summed E-state index contributed by atoms with van der Waals surface area (Å²) in [5.41, 5.74) is 1.56. The SMILES string of the molecule is CCC(C)(Oc1ccc(OCC(C)c2cnn(-c3ccc(Cl)cc3)c2)cc1C)C(=O)O. The van der Waals surface area contributed by atoms with Crippen molar-refractivity contribution in [2.45, 2.75) is 45.6 Å². The highest BCUT2D eigenvalue weighted by molar-refractivity contribution is 6.30. The van der Waals surface area contributed by atoms with E-state index in [1.54, 1.807) is 26.0 Å². The number of hydrogen-bond donors (Lipinski definition) is 1. The Hall–Kier alpha value is -2.99. The molecular formula is C24H27ClN2O4. The molecule has 1 N–H and O–H groups in total. The summed E-state index contributed by atoms with van der Waals surface area (Å²) in [7, 11) is 0. The van der Waals surface area contributed by atoms with Crippen molar-refractivity contribution in [3.05, 3.63) is 71.0 Å². The largest absolute Gasteiger partial charge is 0.493 e. The number of rotatable bonds is 9. The number of carboxylic acids is 1. The van der Waals surface area contributed by atoms with E-state index in [2.05, 4.69) is 12.0 Å². The van der Waals surface area contributed by atoms with Crippen molar-refractivity contribution < 1.29 is 19.4 Å². The van der Waals surface area contributed by atoms with E-state index in [1.807, 2.05) is 54.3 Å². The predicted octanol–water partition coefficient (Wildman–Crippen LogP) is 5.65. The van der Waals surface area contributed by atoms with Gasteiger partial charge in [-0.05, 0) is 73.9 Å². The number of halogens is 1. The molecule has 2 unspecified atom stereocenters. The molecule has 0 fully saturated rings. The minimum atomic E-state index is -1.26. The third-order valence-corrected chi connectivity index (χ3v) is 5.62. The second-order valence-electron chi connectivity index (χ2n) is 7.83. The van der Waals surface area contributed by atoms with Gasteiger partial charge in [0, 0.05) is 17.1 Å². The third kappa shape index (κ3) is 5.39. The van der Waals surface area contributed by atoms with Crippen molar-refractivity contribution in [2.24, 2.45) is 0 Å². The lowest BCUT2D eigenvalue weighted by Crippen LogP contribution is -2.40. The number of aromatic nitrogens is 2. The molecule has 164 valence electrons. The van der Waals surface area contributed by atoms with Crippen LogP contribution in [0, 0.1) is 6.92 Å². The smallest absolute Gasteiger partial charge is 0.347 e. The topological polar surface area (TPSA) is 73.6 Å². The Labute approximate surface area is 187 Å². The van der Waals surface area contributed by atoms with Gasteiger partial charge in [-0.1, -0.05) is 25.4 Å². The molecule has 0 aliphatic heterocycles. The van der Waals surface area contributed by atoms with Crippen LogP contribution in [0.3, 0.4) is 0 Å². The molecule has 1 aromatic heterocycles. The van der Waals surface area contributed by atoms with Gasteiger partial charge in [-0.2, -0.15) is 5.10 Å². The highest BCUT2D eigenvalue weighted by Gasteiger charge is 2.33. The molecule has 7 heteroatoms. The molecule has 0 saturated heterocycles. The summed E-state index contributed by atoms with van der Waals surface area (Å²) in [5, 5.41) is 14.5. The van der Waals surface area contributed by atoms with Crippen molar-refractivity contribution in [1.82, 2.24) is 9.78 Å². The lowest BCUT2D eigenvalue weighted by molar-refractivity contribution is -0.154. The summed E-state index contributed by atoms with van der Waals surface area (Å²) in [6, 6.07) is 12.9. The van der Waals surface area contributed by atoms with Crippen molar-refractivity contribution in [2.75, 3.05) is 6.61 Å². The van der Waals surface area contributed by atoms with Gasteiger partial charge in [0.05, 0.1) is 18.5 Å². The predicted molar refractivity (Wildman–Crippen MR) is 121 cm³/mol. The zero-order valence-electron chi connectivity index (χ0n) is 18.1. The molecule has 2 atom stereocenters. The molecular weight excluding hydrogens is 416 g/mol. The van der Waals surface area contributed by atoms with Gasteiger partial charge in [-0.15, -0.1) is 0 Å². The molecule has 0 saturated carbocycles. The zero-order valence-corrected chi connectivity index (χ0v) is 18.9. The van der Waals surface area contributed by atoms with Crippen molar-refractivity contribution >= 4 is 17.6 Å². The number of benzene rings is 2. The Morgan fingerprint density at radius 3 is 2.58 bits per heavy atom. The molecule has 0 radical (unpaired) electrons.